The van der Waals surface area contributed by atoms with Crippen molar-refractivity contribution in [1.82, 2.24) is 10.4 Å². The van der Waals surface area contributed by atoms with Gasteiger partial charge >= 0.3 is 0 Å². The first-order valence-corrected chi connectivity index (χ1v) is 6.72. The van der Waals surface area contributed by atoms with Crippen LogP contribution < -0.4 is 5.43 Å². The van der Waals surface area contributed by atoms with Gasteiger partial charge in [-0.05, 0) is 24.6 Å². The molecule has 0 radical (unpaired) electrons. The Labute approximate surface area is 122 Å². The summed E-state index contributed by atoms with van der Waals surface area (Å²) >= 11 is 0. The molecular formula is C17H15N3O. The summed E-state index contributed by atoms with van der Waals surface area (Å²) in [5.41, 5.74) is 5.76. The summed E-state index contributed by atoms with van der Waals surface area (Å²) in [6.07, 6.45) is 1.82. The van der Waals surface area contributed by atoms with E-state index in [1.54, 1.807) is 6.07 Å². The molecule has 4 nitrogen and oxygen atoms in total. The second kappa shape index (κ2) is 5.63. The maximum atomic E-state index is 12.3. The molecule has 2 N–H and O–H groups in total. The van der Waals surface area contributed by atoms with Gasteiger partial charge in [0.2, 0.25) is 0 Å². The third-order valence-corrected chi connectivity index (χ3v) is 3.35. The Hall–Kier alpha value is -2.88. The van der Waals surface area contributed by atoms with Gasteiger partial charge in [-0.3, -0.25) is 4.79 Å². The van der Waals surface area contributed by atoms with Crippen molar-refractivity contribution in [2.24, 2.45) is 5.10 Å². The zero-order chi connectivity index (χ0) is 14.7. The molecule has 21 heavy (non-hydrogen) atoms. The van der Waals surface area contributed by atoms with E-state index in [9.17, 15) is 4.79 Å². The van der Waals surface area contributed by atoms with Crippen LogP contribution in [-0.2, 0) is 0 Å². The SMILES string of the molecule is C/C(=N\NC(=O)c1cccc2cc[nH]c12)c1ccccc1. The third-order valence-electron chi connectivity index (χ3n) is 3.35. The predicted molar refractivity (Wildman–Crippen MR) is 84.4 cm³/mol. The molecule has 0 aliphatic heterocycles. The molecule has 104 valence electrons. The number of nitrogens with zero attached hydrogens (tertiary/aromatic N) is 1. The summed E-state index contributed by atoms with van der Waals surface area (Å²) in [5, 5.41) is 5.17. The normalized spacial score (nSPS) is 11.6. The fourth-order valence-electron chi connectivity index (χ4n) is 2.21. The second-order valence-corrected chi connectivity index (χ2v) is 4.75. The number of hydrogen-bond acceptors (Lipinski definition) is 2. The Balaban J connectivity index is 1.82. The van der Waals surface area contributed by atoms with E-state index in [0.29, 0.717) is 5.56 Å². The molecule has 3 aromatic rings. The lowest BCUT2D eigenvalue weighted by Gasteiger charge is -2.04. The van der Waals surface area contributed by atoms with E-state index in [1.165, 1.54) is 0 Å². The average molecular weight is 277 g/mol. The van der Waals surface area contributed by atoms with Crippen molar-refractivity contribution in [3.8, 4) is 0 Å². The predicted octanol–water partition coefficient (Wildman–Crippen LogP) is 3.32. The Morgan fingerprint density at radius 3 is 2.67 bits per heavy atom. The van der Waals surface area contributed by atoms with Crippen LogP contribution in [0.4, 0.5) is 0 Å². The molecule has 0 aliphatic rings. The number of amides is 1. The minimum Gasteiger partial charge on any atom is -0.361 e. The molecule has 0 aliphatic carbocycles. The number of carbonyl (C=O) groups is 1. The van der Waals surface area contributed by atoms with E-state index < -0.39 is 0 Å². The van der Waals surface area contributed by atoms with Gasteiger partial charge in [0.05, 0.1) is 16.8 Å². The van der Waals surface area contributed by atoms with Crippen molar-refractivity contribution < 1.29 is 4.79 Å². The topological polar surface area (TPSA) is 57.2 Å². The number of hydrogen-bond donors (Lipinski definition) is 2. The third kappa shape index (κ3) is 2.69. The maximum absolute atomic E-state index is 12.3. The summed E-state index contributed by atoms with van der Waals surface area (Å²) in [5.74, 6) is -0.224. The van der Waals surface area contributed by atoms with Gasteiger partial charge in [-0.25, -0.2) is 5.43 Å². The number of hydrazone groups is 1. The summed E-state index contributed by atoms with van der Waals surface area (Å²) in [4.78, 5) is 15.3. The van der Waals surface area contributed by atoms with Crippen molar-refractivity contribution in [3.05, 3.63) is 71.9 Å². The zero-order valence-electron chi connectivity index (χ0n) is 11.6. The second-order valence-electron chi connectivity index (χ2n) is 4.75. The van der Waals surface area contributed by atoms with Gasteiger partial charge in [0.1, 0.15) is 0 Å². The molecule has 1 amide bonds. The number of fused-ring (bicyclic) bond motifs is 1. The monoisotopic (exact) mass is 277 g/mol. The molecule has 0 saturated heterocycles. The fraction of sp³-hybridized carbons (Fsp3) is 0.0588. The highest BCUT2D eigenvalue weighted by Crippen LogP contribution is 2.16. The first-order valence-electron chi connectivity index (χ1n) is 6.72. The summed E-state index contributed by atoms with van der Waals surface area (Å²) in [6.45, 7) is 1.87. The van der Waals surface area contributed by atoms with Gasteiger partial charge in [-0.1, -0.05) is 42.5 Å². The van der Waals surface area contributed by atoms with Gasteiger partial charge in [-0.2, -0.15) is 5.10 Å². The number of nitrogens with one attached hydrogen (secondary N) is 2. The van der Waals surface area contributed by atoms with Crippen LogP contribution in [0.2, 0.25) is 0 Å². The Morgan fingerprint density at radius 2 is 1.86 bits per heavy atom. The first-order chi connectivity index (χ1) is 10.3. The molecule has 0 saturated carbocycles. The highest BCUT2D eigenvalue weighted by Gasteiger charge is 2.10. The van der Waals surface area contributed by atoms with Crippen LogP contribution in [0.3, 0.4) is 0 Å². The fourth-order valence-corrected chi connectivity index (χ4v) is 2.21. The lowest BCUT2D eigenvalue weighted by molar-refractivity contribution is 0.0956. The molecule has 0 fully saturated rings. The number of H-pyrrole nitrogens is 1. The lowest BCUT2D eigenvalue weighted by atomic mass is 10.1. The minimum absolute atomic E-state index is 0.224. The number of rotatable bonds is 3. The van der Waals surface area contributed by atoms with E-state index in [4.69, 9.17) is 0 Å². The van der Waals surface area contributed by atoms with E-state index in [0.717, 1.165) is 22.2 Å². The summed E-state index contributed by atoms with van der Waals surface area (Å²) < 4.78 is 0. The Bertz CT molecular complexity index is 803. The van der Waals surface area contributed by atoms with Crippen LogP contribution in [0.1, 0.15) is 22.8 Å². The van der Waals surface area contributed by atoms with Crippen molar-refractivity contribution in [2.45, 2.75) is 6.92 Å². The van der Waals surface area contributed by atoms with E-state index in [1.807, 2.05) is 61.7 Å². The molecule has 0 bridgehead atoms. The first kappa shape index (κ1) is 13.1. The van der Waals surface area contributed by atoms with Gasteiger partial charge in [0.15, 0.2) is 0 Å². The number of aromatic nitrogens is 1. The van der Waals surface area contributed by atoms with Crippen molar-refractivity contribution >= 4 is 22.5 Å². The van der Waals surface area contributed by atoms with Crippen LogP contribution in [0.25, 0.3) is 10.9 Å². The molecule has 2 aromatic carbocycles. The smallest absolute Gasteiger partial charge is 0.273 e. The van der Waals surface area contributed by atoms with E-state index in [2.05, 4.69) is 15.5 Å². The summed E-state index contributed by atoms with van der Waals surface area (Å²) in [6, 6.07) is 17.3. The zero-order valence-corrected chi connectivity index (χ0v) is 11.6. The highest BCUT2D eigenvalue weighted by atomic mass is 16.2. The standard InChI is InChI=1S/C17H15N3O/c1-12(13-6-3-2-4-7-13)19-20-17(21)15-9-5-8-14-10-11-18-16(14)15/h2-11,18H,1H3,(H,20,21)/b19-12+. The van der Waals surface area contributed by atoms with E-state index >= 15 is 0 Å². The van der Waals surface area contributed by atoms with Gasteiger partial charge in [0, 0.05) is 11.6 Å². The number of para-hydroxylation sites is 1. The molecule has 1 aromatic heterocycles. The Morgan fingerprint density at radius 1 is 1.05 bits per heavy atom. The van der Waals surface area contributed by atoms with Crippen LogP contribution in [0.5, 0.6) is 0 Å². The molecule has 0 atom stereocenters. The van der Waals surface area contributed by atoms with Crippen molar-refractivity contribution in [2.75, 3.05) is 0 Å². The molecule has 1 heterocycles. The minimum atomic E-state index is -0.224. The lowest BCUT2D eigenvalue weighted by Crippen LogP contribution is -2.19. The van der Waals surface area contributed by atoms with E-state index in [-0.39, 0.29) is 5.91 Å². The highest BCUT2D eigenvalue weighted by molar-refractivity contribution is 6.06. The van der Waals surface area contributed by atoms with Crippen LogP contribution in [0.15, 0.2) is 65.9 Å². The van der Waals surface area contributed by atoms with Gasteiger partial charge in [-0.15, -0.1) is 0 Å². The van der Waals surface area contributed by atoms with Gasteiger partial charge in [0.25, 0.3) is 5.91 Å². The summed E-state index contributed by atoms with van der Waals surface area (Å²) in [7, 11) is 0. The number of carbonyl (C=O) groups excluding carboxylic acids is 1. The Kier molecular flexibility index (Phi) is 3.51. The van der Waals surface area contributed by atoms with Crippen molar-refractivity contribution in [1.29, 1.82) is 0 Å². The number of aromatic amines is 1. The maximum Gasteiger partial charge on any atom is 0.273 e. The van der Waals surface area contributed by atoms with Gasteiger partial charge < -0.3 is 4.98 Å². The molecular weight excluding hydrogens is 262 g/mol. The molecule has 0 spiro atoms. The largest absolute Gasteiger partial charge is 0.361 e. The average Bonchev–Trinajstić information content (AvgIpc) is 3.01. The number of benzene rings is 2. The van der Waals surface area contributed by atoms with Crippen molar-refractivity contribution in [3.63, 3.8) is 0 Å². The molecule has 4 heteroatoms. The van der Waals surface area contributed by atoms with Crippen LogP contribution in [-0.4, -0.2) is 16.6 Å². The van der Waals surface area contributed by atoms with Crippen LogP contribution >= 0.6 is 0 Å². The molecule has 3 rings (SSSR count). The quantitative estimate of drug-likeness (QED) is 0.560. The molecule has 0 unspecified atom stereocenters. The van der Waals surface area contributed by atoms with Crippen LogP contribution in [0, 0.1) is 0 Å².